The lowest BCUT2D eigenvalue weighted by atomic mass is 9.97. The van der Waals surface area contributed by atoms with Crippen LogP contribution in [0.5, 0.6) is 5.88 Å². The number of fused-ring (bicyclic) bond motifs is 1. The van der Waals surface area contributed by atoms with Crippen molar-refractivity contribution < 1.29 is 9.53 Å². The molecule has 0 aliphatic carbocycles. The van der Waals surface area contributed by atoms with Gasteiger partial charge in [0.25, 0.3) is 5.91 Å². The minimum Gasteiger partial charge on any atom is -0.472 e. The highest BCUT2D eigenvalue weighted by atomic mass is 16.5. The molecule has 0 radical (unpaired) electrons. The van der Waals surface area contributed by atoms with Crippen LogP contribution in [0.15, 0.2) is 85.2 Å². The van der Waals surface area contributed by atoms with Gasteiger partial charge < -0.3 is 9.64 Å². The first kappa shape index (κ1) is 20.2. The number of benzene rings is 2. The van der Waals surface area contributed by atoms with E-state index in [4.69, 9.17) is 4.74 Å². The standard InChI is InChI=1S/C27H25N3O2/c1-19-13-14-21(32-26-22-9-3-2-8-20(22)15-17-29-26)18-30(19)27(31)24-11-5-4-10-23(24)25-12-6-7-16-28-25/h2-12,15-17,19,21H,13-14,18H2,1H3. The van der Waals surface area contributed by atoms with Crippen LogP contribution < -0.4 is 4.74 Å². The van der Waals surface area contributed by atoms with Crippen LogP contribution in [-0.4, -0.2) is 39.5 Å². The number of rotatable bonds is 4. The quantitative estimate of drug-likeness (QED) is 0.443. The first-order valence-electron chi connectivity index (χ1n) is 11.0. The smallest absolute Gasteiger partial charge is 0.254 e. The van der Waals surface area contributed by atoms with E-state index in [-0.39, 0.29) is 18.1 Å². The Morgan fingerprint density at radius 2 is 1.72 bits per heavy atom. The summed E-state index contributed by atoms with van der Waals surface area (Å²) in [6, 6.07) is 23.6. The predicted octanol–water partition coefficient (Wildman–Crippen LogP) is 5.37. The van der Waals surface area contributed by atoms with E-state index in [1.54, 1.807) is 12.4 Å². The molecule has 1 aliphatic heterocycles. The van der Waals surface area contributed by atoms with Crippen LogP contribution in [0.1, 0.15) is 30.1 Å². The summed E-state index contributed by atoms with van der Waals surface area (Å²) in [6.45, 7) is 2.63. The van der Waals surface area contributed by atoms with Gasteiger partial charge in [-0.15, -0.1) is 0 Å². The average molecular weight is 424 g/mol. The highest BCUT2D eigenvalue weighted by molar-refractivity contribution is 6.00. The summed E-state index contributed by atoms with van der Waals surface area (Å²) in [7, 11) is 0. The van der Waals surface area contributed by atoms with Crippen LogP contribution in [0, 0.1) is 0 Å². The normalized spacial score (nSPS) is 18.5. The van der Waals surface area contributed by atoms with Crippen LogP contribution in [0.2, 0.25) is 0 Å². The van der Waals surface area contributed by atoms with Crippen LogP contribution in [0.3, 0.4) is 0 Å². The summed E-state index contributed by atoms with van der Waals surface area (Å²) < 4.78 is 6.33. The maximum Gasteiger partial charge on any atom is 0.254 e. The van der Waals surface area contributed by atoms with Crippen molar-refractivity contribution in [2.24, 2.45) is 0 Å². The zero-order valence-corrected chi connectivity index (χ0v) is 18.0. The molecule has 2 aromatic heterocycles. The maximum atomic E-state index is 13.6. The zero-order chi connectivity index (χ0) is 21.9. The number of likely N-dealkylation sites (tertiary alicyclic amines) is 1. The molecule has 0 N–H and O–H groups in total. The molecular formula is C27H25N3O2. The van der Waals surface area contributed by atoms with E-state index < -0.39 is 0 Å². The fraction of sp³-hybridized carbons (Fsp3) is 0.222. The van der Waals surface area contributed by atoms with Crippen molar-refractivity contribution >= 4 is 16.7 Å². The van der Waals surface area contributed by atoms with Crippen molar-refractivity contribution in [2.45, 2.75) is 31.9 Å². The number of ether oxygens (including phenoxy) is 1. The summed E-state index contributed by atoms with van der Waals surface area (Å²) in [5, 5.41) is 2.09. The third-order valence-corrected chi connectivity index (χ3v) is 6.11. The average Bonchev–Trinajstić information content (AvgIpc) is 2.85. The van der Waals surface area contributed by atoms with Crippen LogP contribution >= 0.6 is 0 Å². The SMILES string of the molecule is CC1CCC(Oc2nccc3ccccc23)CN1C(=O)c1ccccc1-c1ccccn1. The van der Waals surface area contributed by atoms with Crippen molar-refractivity contribution in [3.63, 3.8) is 0 Å². The number of carbonyl (C=O) groups is 1. The molecule has 5 rings (SSSR count). The molecule has 1 saturated heterocycles. The van der Waals surface area contributed by atoms with Gasteiger partial charge in [-0.2, -0.15) is 0 Å². The van der Waals surface area contributed by atoms with Gasteiger partial charge in [-0.05, 0) is 55.5 Å². The number of amides is 1. The monoisotopic (exact) mass is 423 g/mol. The zero-order valence-electron chi connectivity index (χ0n) is 18.0. The largest absolute Gasteiger partial charge is 0.472 e. The van der Waals surface area contributed by atoms with Gasteiger partial charge in [0.1, 0.15) is 6.10 Å². The Kier molecular flexibility index (Phi) is 5.55. The summed E-state index contributed by atoms with van der Waals surface area (Å²) in [4.78, 5) is 24.5. The van der Waals surface area contributed by atoms with E-state index in [1.165, 1.54) is 0 Å². The molecular weight excluding hydrogens is 398 g/mol. The van der Waals surface area contributed by atoms with Gasteiger partial charge in [-0.25, -0.2) is 4.98 Å². The van der Waals surface area contributed by atoms with Gasteiger partial charge in [0, 0.05) is 34.9 Å². The Balaban J connectivity index is 1.40. The summed E-state index contributed by atoms with van der Waals surface area (Å²) in [5.74, 6) is 0.641. The van der Waals surface area contributed by atoms with E-state index in [9.17, 15) is 4.79 Å². The predicted molar refractivity (Wildman–Crippen MR) is 126 cm³/mol. The molecule has 0 spiro atoms. The molecule has 1 amide bonds. The Hall–Kier alpha value is -3.73. The fourth-order valence-electron chi connectivity index (χ4n) is 4.37. The molecule has 1 aliphatic rings. The molecule has 4 aromatic rings. The highest BCUT2D eigenvalue weighted by Crippen LogP contribution is 2.29. The molecule has 2 aromatic carbocycles. The molecule has 5 heteroatoms. The van der Waals surface area contributed by atoms with Gasteiger partial charge in [0.15, 0.2) is 0 Å². The van der Waals surface area contributed by atoms with E-state index in [1.807, 2.05) is 71.6 Å². The molecule has 2 atom stereocenters. The lowest BCUT2D eigenvalue weighted by molar-refractivity contribution is 0.0378. The van der Waals surface area contributed by atoms with Crippen LogP contribution in [-0.2, 0) is 0 Å². The number of nitrogens with zero attached hydrogens (tertiary/aromatic N) is 3. The number of piperidine rings is 1. The minimum atomic E-state index is -0.101. The number of pyridine rings is 2. The lowest BCUT2D eigenvalue weighted by Crippen LogP contribution is -2.49. The van der Waals surface area contributed by atoms with E-state index in [0.717, 1.165) is 34.9 Å². The second-order valence-corrected chi connectivity index (χ2v) is 8.22. The van der Waals surface area contributed by atoms with Crippen molar-refractivity contribution in [1.29, 1.82) is 0 Å². The molecule has 3 heterocycles. The van der Waals surface area contributed by atoms with Gasteiger partial charge in [0.05, 0.1) is 12.2 Å². The molecule has 1 fully saturated rings. The summed E-state index contributed by atoms with van der Waals surface area (Å²) >= 11 is 0. The molecule has 5 nitrogen and oxygen atoms in total. The Bertz CT molecular complexity index is 1240. The maximum absolute atomic E-state index is 13.6. The summed E-state index contributed by atoms with van der Waals surface area (Å²) in [6.07, 6.45) is 5.19. The van der Waals surface area contributed by atoms with Gasteiger partial charge in [-0.1, -0.05) is 42.5 Å². The lowest BCUT2D eigenvalue weighted by Gasteiger charge is -2.38. The Labute approximate surface area is 187 Å². The van der Waals surface area contributed by atoms with Gasteiger partial charge >= 0.3 is 0 Å². The molecule has 2 unspecified atom stereocenters. The van der Waals surface area contributed by atoms with Crippen molar-refractivity contribution in [1.82, 2.24) is 14.9 Å². The molecule has 0 saturated carbocycles. The second-order valence-electron chi connectivity index (χ2n) is 8.22. The summed E-state index contributed by atoms with van der Waals surface area (Å²) in [5.41, 5.74) is 2.32. The fourth-order valence-corrected chi connectivity index (χ4v) is 4.37. The minimum absolute atomic E-state index is 0.0120. The van der Waals surface area contributed by atoms with Crippen molar-refractivity contribution in [2.75, 3.05) is 6.54 Å². The number of hydrogen-bond acceptors (Lipinski definition) is 4. The Morgan fingerprint density at radius 1 is 0.906 bits per heavy atom. The second kappa shape index (κ2) is 8.79. The molecule has 0 bridgehead atoms. The van der Waals surface area contributed by atoms with Crippen molar-refractivity contribution in [3.8, 4) is 17.1 Å². The van der Waals surface area contributed by atoms with E-state index in [2.05, 4.69) is 23.0 Å². The molecule has 160 valence electrons. The van der Waals surface area contributed by atoms with Crippen LogP contribution in [0.4, 0.5) is 0 Å². The highest BCUT2D eigenvalue weighted by Gasteiger charge is 2.32. The van der Waals surface area contributed by atoms with E-state index >= 15 is 0 Å². The van der Waals surface area contributed by atoms with Crippen LogP contribution in [0.25, 0.3) is 22.0 Å². The number of aromatic nitrogens is 2. The topological polar surface area (TPSA) is 55.3 Å². The van der Waals surface area contributed by atoms with Gasteiger partial charge in [-0.3, -0.25) is 9.78 Å². The first-order chi connectivity index (χ1) is 15.7. The first-order valence-corrected chi connectivity index (χ1v) is 11.0. The van der Waals surface area contributed by atoms with Gasteiger partial charge in [0.2, 0.25) is 5.88 Å². The molecule has 32 heavy (non-hydrogen) atoms. The Morgan fingerprint density at radius 3 is 2.59 bits per heavy atom. The van der Waals surface area contributed by atoms with Crippen molar-refractivity contribution in [3.05, 3.63) is 90.8 Å². The van der Waals surface area contributed by atoms with E-state index in [0.29, 0.717) is 18.0 Å². The third-order valence-electron chi connectivity index (χ3n) is 6.11. The number of carbonyl (C=O) groups excluding carboxylic acids is 1. The third kappa shape index (κ3) is 3.94. The number of hydrogen-bond donors (Lipinski definition) is 0.